The summed E-state index contributed by atoms with van der Waals surface area (Å²) in [5.41, 5.74) is 8.09. The van der Waals surface area contributed by atoms with E-state index in [0.29, 0.717) is 17.8 Å². The molecule has 5 heteroatoms. The van der Waals surface area contributed by atoms with E-state index in [1.807, 2.05) is 6.07 Å². The molecule has 0 unspecified atom stereocenters. The number of nitrogen functional groups attached to an aromatic ring is 1. The zero-order valence-electron chi connectivity index (χ0n) is 10.6. The third-order valence-corrected chi connectivity index (χ3v) is 2.84. The average Bonchev–Trinajstić information content (AvgIpc) is 2.46. The number of carboxylic acids is 1. The fraction of sp³-hybridized carbons (Fsp3) is 0.0667. The highest BCUT2D eigenvalue weighted by atomic mass is 16.4. The van der Waals surface area contributed by atoms with E-state index < -0.39 is 5.97 Å². The second-order valence-corrected chi connectivity index (χ2v) is 4.27. The summed E-state index contributed by atoms with van der Waals surface area (Å²) in [6.07, 6.45) is 0. The number of benzene rings is 2. The number of hydrogen-bond acceptors (Lipinski definition) is 4. The molecule has 2 aromatic rings. The average molecular weight is 267 g/mol. The van der Waals surface area contributed by atoms with Gasteiger partial charge in [-0.2, -0.15) is 5.26 Å². The fourth-order valence-electron chi connectivity index (χ4n) is 1.81. The Morgan fingerprint density at radius 1 is 1.30 bits per heavy atom. The Morgan fingerprint density at radius 2 is 2.10 bits per heavy atom. The van der Waals surface area contributed by atoms with Gasteiger partial charge in [0.25, 0.3) is 0 Å². The highest BCUT2D eigenvalue weighted by Gasteiger charge is 2.08. The minimum Gasteiger partial charge on any atom is -0.478 e. The lowest BCUT2D eigenvalue weighted by Crippen LogP contribution is -2.05. The predicted molar refractivity (Wildman–Crippen MR) is 76.3 cm³/mol. The maximum atomic E-state index is 11.0. The molecule has 4 N–H and O–H groups in total. The van der Waals surface area contributed by atoms with Crippen LogP contribution in [0.2, 0.25) is 0 Å². The van der Waals surface area contributed by atoms with Gasteiger partial charge in [0.1, 0.15) is 0 Å². The third kappa shape index (κ3) is 3.06. The number of nitrogens with one attached hydrogen (secondary N) is 1. The van der Waals surface area contributed by atoms with Crippen LogP contribution in [-0.2, 0) is 6.54 Å². The van der Waals surface area contributed by atoms with Crippen LogP contribution in [0, 0.1) is 11.3 Å². The lowest BCUT2D eigenvalue weighted by Gasteiger charge is -2.09. The molecule has 0 aromatic heterocycles. The van der Waals surface area contributed by atoms with Crippen molar-refractivity contribution in [3.8, 4) is 6.07 Å². The topological polar surface area (TPSA) is 99.1 Å². The van der Waals surface area contributed by atoms with Crippen LogP contribution in [0.5, 0.6) is 0 Å². The van der Waals surface area contributed by atoms with Crippen LogP contribution in [0.3, 0.4) is 0 Å². The summed E-state index contributed by atoms with van der Waals surface area (Å²) in [5, 5.41) is 20.9. The third-order valence-electron chi connectivity index (χ3n) is 2.84. The first kappa shape index (κ1) is 13.4. The first-order chi connectivity index (χ1) is 9.60. The van der Waals surface area contributed by atoms with Crippen molar-refractivity contribution in [2.45, 2.75) is 6.54 Å². The van der Waals surface area contributed by atoms with E-state index in [9.17, 15) is 4.79 Å². The predicted octanol–water partition coefficient (Wildman–Crippen LogP) is 2.45. The highest BCUT2D eigenvalue weighted by Crippen LogP contribution is 2.18. The van der Waals surface area contributed by atoms with Gasteiger partial charge in [-0.05, 0) is 35.9 Å². The Balaban J connectivity index is 2.13. The molecule has 0 radical (unpaired) electrons. The number of aromatic carboxylic acids is 1. The van der Waals surface area contributed by atoms with Crippen LogP contribution < -0.4 is 11.1 Å². The molecule has 0 fully saturated rings. The van der Waals surface area contributed by atoms with Crippen molar-refractivity contribution < 1.29 is 9.90 Å². The maximum Gasteiger partial charge on any atom is 0.337 e. The smallest absolute Gasteiger partial charge is 0.337 e. The number of nitrogens with two attached hydrogens (primary N) is 1. The minimum atomic E-state index is -1.06. The molecule has 0 aliphatic rings. The van der Waals surface area contributed by atoms with Crippen molar-refractivity contribution in [3.05, 3.63) is 59.2 Å². The van der Waals surface area contributed by atoms with E-state index in [0.717, 1.165) is 5.56 Å². The van der Waals surface area contributed by atoms with Gasteiger partial charge in [-0.15, -0.1) is 0 Å². The van der Waals surface area contributed by atoms with Crippen LogP contribution in [0.25, 0.3) is 0 Å². The molecule has 0 heterocycles. The molecule has 0 bridgehead atoms. The summed E-state index contributed by atoms with van der Waals surface area (Å²) >= 11 is 0. The molecule has 0 amide bonds. The number of anilines is 2. The molecule has 0 spiro atoms. The zero-order valence-corrected chi connectivity index (χ0v) is 10.6. The monoisotopic (exact) mass is 267 g/mol. The van der Waals surface area contributed by atoms with Gasteiger partial charge in [-0.25, -0.2) is 4.79 Å². The summed E-state index contributed by atoms with van der Waals surface area (Å²) in [4.78, 5) is 11.0. The van der Waals surface area contributed by atoms with E-state index in [-0.39, 0.29) is 11.3 Å². The quantitative estimate of drug-likeness (QED) is 0.739. The summed E-state index contributed by atoms with van der Waals surface area (Å²) in [6, 6.07) is 14.0. The molecule has 0 aliphatic carbocycles. The van der Waals surface area contributed by atoms with Crippen molar-refractivity contribution in [2.24, 2.45) is 0 Å². The molecular formula is C15H13N3O2. The number of rotatable bonds is 4. The van der Waals surface area contributed by atoms with Gasteiger partial charge in [-0.3, -0.25) is 0 Å². The number of nitriles is 1. The number of carbonyl (C=O) groups is 1. The van der Waals surface area contributed by atoms with Gasteiger partial charge in [0, 0.05) is 17.9 Å². The molecule has 20 heavy (non-hydrogen) atoms. The van der Waals surface area contributed by atoms with Crippen molar-refractivity contribution in [2.75, 3.05) is 11.1 Å². The van der Waals surface area contributed by atoms with Crippen LogP contribution in [0.4, 0.5) is 11.4 Å². The second kappa shape index (κ2) is 5.76. The molecule has 0 saturated heterocycles. The molecule has 2 rings (SSSR count). The van der Waals surface area contributed by atoms with E-state index in [1.165, 1.54) is 6.07 Å². The highest BCUT2D eigenvalue weighted by molar-refractivity contribution is 5.94. The van der Waals surface area contributed by atoms with E-state index in [2.05, 4.69) is 11.4 Å². The summed E-state index contributed by atoms with van der Waals surface area (Å²) in [6.45, 7) is 0.499. The molecule has 0 saturated carbocycles. The molecular weight excluding hydrogens is 254 g/mol. The zero-order chi connectivity index (χ0) is 14.5. The van der Waals surface area contributed by atoms with Crippen LogP contribution >= 0.6 is 0 Å². The van der Waals surface area contributed by atoms with Crippen LogP contribution in [0.1, 0.15) is 21.5 Å². The minimum absolute atomic E-state index is 0.0702. The molecule has 5 nitrogen and oxygen atoms in total. The Kier molecular flexibility index (Phi) is 3.87. The second-order valence-electron chi connectivity index (χ2n) is 4.27. The Labute approximate surface area is 116 Å². The molecule has 0 atom stereocenters. The summed E-state index contributed by atoms with van der Waals surface area (Å²) < 4.78 is 0. The normalized spacial score (nSPS) is 9.75. The lowest BCUT2D eigenvalue weighted by molar-refractivity contribution is 0.0698. The molecule has 2 aromatic carbocycles. The van der Waals surface area contributed by atoms with Crippen molar-refractivity contribution >= 4 is 17.3 Å². The summed E-state index contributed by atoms with van der Waals surface area (Å²) in [5.74, 6) is -1.06. The number of nitrogens with zero attached hydrogens (tertiary/aromatic N) is 1. The first-order valence-electron chi connectivity index (χ1n) is 5.96. The fourth-order valence-corrected chi connectivity index (χ4v) is 1.81. The molecule has 0 aliphatic heterocycles. The van der Waals surface area contributed by atoms with Crippen LogP contribution in [0.15, 0.2) is 42.5 Å². The Bertz CT molecular complexity index is 690. The van der Waals surface area contributed by atoms with Gasteiger partial charge >= 0.3 is 5.97 Å². The van der Waals surface area contributed by atoms with Gasteiger partial charge in [0.15, 0.2) is 0 Å². The van der Waals surface area contributed by atoms with Gasteiger partial charge in [-0.1, -0.05) is 12.1 Å². The van der Waals surface area contributed by atoms with Gasteiger partial charge in [0.05, 0.1) is 17.2 Å². The Hall–Kier alpha value is -3.00. The maximum absolute atomic E-state index is 11.0. The number of carboxylic acid groups (broad SMARTS) is 1. The van der Waals surface area contributed by atoms with E-state index in [1.54, 1.807) is 30.3 Å². The van der Waals surface area contributed by atoms with Crippen molar-refractivity contribution in [1.29, 1.82) is 5.26 Å². The van der Waals surface area contributed by atoms with Crippen LogP contribution in [-0.4, -0.2) is 11.1 Å². The van der Waals surface area contributed by atoms with Gasteiger partial charge < -0.3 is 16.2 Å². The van der Waals surface area contributed by atoms with Crippen molar-refractivity contribution in [1.82, 2.24) is 0 Å². The lowest BCUT2D eigenvalue weighted by atomic mass is 10.1. The molecule has 100 valence electrons. The largest absolute Gasteiger partial charge is 0.478 e. The standard InChI is InChI=1S/C15H13N3O2/c16-8-10-2-1-3-11(6-10)9-18-12-4-5-14(17)13(7-12)15(19)20/h1-7,18H,9,17H2,(H,19,20). The summed E-state index contributed by atoms with van der Waals surface area (Å²) in [7, 11) is 0. The van der Waals surface area contributed by atoms with Gasteiger partial charge in [0.2, 0.25) is 0 Å². The van der Waals surface area contributed by atoms with E-state index in [4.69, 9.17) is 16.1 Å². The Morgan fingerprint density at radius 3 is 2.80 bits per heavy atom. The van der Waals surface area contributed by atoms with Crippen molar-refractivity contribution in [3.63, 3.8) is 0 Å². The SMILES string of the molecule is N#Cc1cccc(CNc2ccc(N)c(C(=O)O)c2)c1. The first-order valence-corrected chi connectivity index (χ1v) is 5.96. The number of hydrogen-bond donors (Lipinski definition) is 3. The van der Waals surface area contributed by atoms with E-state index >= 15 is 0 Å².